The number of hydrogen-bond acceptors (Lipinski definition) is 5. The summed E-state index contributed by atoms with van der Waals surface area (Å²) in [6.45, 7) is 8.41. The second-order valence-corrected chi connectivity index (χ2v) is 6.46. The van der Waals surface area contributed by atoms with Gasteiger partial charge >= 0.3 is 0 Å². The maximum Gasteiger partial charge on any atom is 0.258 e. The molecule has 0 aromatic heterocycles. The van der Waals surface area contributed by atoms with Crippen LogP contribution in [0.25, 0.3) is 0 Å². The first-order valence-corrected chi connectivity index (χ1v) is 8.86. The number of aliphatic imine (C=N–C) groups is 1. The van der Waals surface area contributed by atoms with Crippen LogP contribution in [0, 0.1) is 5.82 Å². The van der Waals surface area contributed by atoms with E-state index in [1.54, 1.807) is 6.07 Å². The first-order chi connectivity index (χ1) is 13.0. The number of carbonyl (C=O) groups excluding carboxylic acids is 1. The molecule has 1 saturated heterocycles. The average molecular weight is 396 g/mol. The van der Waals surface area contributed by atoms with Gasteiger partial charge in [0.05, 0.1) is 12.1 Å². The molecular weight excluding hydrogens is 373 g/mol. The number of carbonyl (C=O) groups is 1. The summed E-state index contributed by atoms with van der Waals surface area (Å²) < 4.78 is 24.3. The van der Waals surface area contributed by atoms with Crippen molar-refractivity contribution in [2.24, 2.45) is 4.99 Å². The van der Waals surface area contributed by atoms with Gasteiger partial charge in [0.1, 0.15) is 12.2 Å². The first kappa shape index (κ1) is 20.9. The molecule has 1 amide bonds. The van der Waals surface area contributed by atoms with Crippen molar-refractivity contribution in [3.63, 3.8) is 0 Å². The summed E-state index contributed by atoms with van der Waals surface area (Å²) in [5.74, 6) is -0.899. The predicted molar refractivity (Wildman–Crippen MR) is 103 cm³/mol. The van der Waals surface area contributed by atoms with Crippen LogP contribution in [0.3, 0.4) is 0 Å². The Bertz CT molecular complexity index is 746. The normalized spacial score (nSPS) is 17.1. The molecule has 2 rings (SSSR count). The Kier molecular flexibility index (Phi) is 7.82. The van der Waals surface area contributed by atoms with Crippen molar-refractivity contribution in [1.29, 1.82) is 0 Å². The molecule has 1 aromatic carbocycles. The Labute approximate surface area is 163 Å². The van der Waals surface area contributed by atoms with Crippen molar-refractivity contribution in [3.05, 3.63) is 52.6 Å². The molecule has 27 heavy (non-hydrogen) atoms. The van der Waals surface area contributed by atoms with E-state index < -0.39 is 11.7 Å². The Morgan fingerprint density at radius 2 is 2.30 bits per heavy atom. The summed E-state index contributed by atoms with van der Waals surface area (Å²) in [5.41, 5.74) is 0.559. The standard InChI is InChI=1S/C19H23ClFN3O3/c1-12(20)17(19(22-2)27-11-14-5-4-8-23-14)18(25)24-10-13-6-7-16(26-3)15(21)9-13/h6-7,9,14,23H,1-2,4-5,8,10-11H2,3H3,(H,24,25)/b19-17-. The van der Waals surface area contributed by atoms with Crippen molar-refractivity contribution < 1.29 is 18.7 Å². The van der Waals surface area contributed by atoms with Crippen LogP contribution in [0.2, 0.25) is 0 Å². The van der Waals surface area contributed by atoms with E-state index in [0.29, 0.717) is 12.2 Å². The van der Waals surface area contributed by atoms with Gasteiger partial charge in [-0.3, -0.25) is 4.79 Å². The number of ether oxygens (including phenoxy) is 2. The van der Waals surface area contributed by atoms with Gasteiger partial charge in [0.25, 0.3) is 5.91 Å². The SMILES string of the molecule is C=N/C(OCC1CCCN1)=C(\C(=C)Cl)C(=O)NCc1ccc(OC)c(F)c1. The van der Waals surface area contributed by atoms with E-state index in [0.717, 1.165) is 19.4 Å². The summed E-state index contributed by atoms with van der Waals surface area (Å²) >= 11 is 5.98. The highest BCUT2D eigenvalue weighted by molar-refractivity contribution is 6.35. The summed E-state index contributed by atoms with van der Waals surface area (Å²) in [5, 5.41) is 5.92. The molecular formula is C19H23ClFN3O3. The van der Waals surface area contributed by atoms with E-state index in [2.05, 4.69) is 28.9 Å². The Morgan fingerprint density at radius 1 is 1.52 bits per heavy atom. The quantitative estimate of drug-likeness (QED) is 0.292. The van der Waals surface area contributed by atoms with Crippen molar-refractivity contribution in [2.75, 3.05) is 20.3 Å². The van der Waals surface area contributed by atoms with Crippen LogP contribution in [-0.2, 0) is 16.1 Å². The fourth-order valence-electron chi connectivity index (χ4n) is 2.70. The Hall–Kier alpha value is -2.38. The summed E-state index contributed by atoms with van der Waals surface area (Å²) in [7, 11) is 1.38. The fraction of sp³-hybridized carbons (Fsp3) is 0.368. The molecule has 2 N–H and O–H groups in total. The maximum absolute atomic E-state index is 13.8. The highest BCUT2D eigenvalue weighted by atomic mass is 35.5. The van der Waals surface area contributed by atoms with Gasteiger partial charge in [-0.1, -0.05) is 24.2 Å². The molecule has 0 radical (unpaired) electrons. The molecule has 1 fully saturated rings. The number of nitrogens with zero attached hydrogens (tertiary/aromatic N) is 1. The van der Waals surface area contributed by atoms with Crippen molar-refractivity contribution in [2.45, 2.75) is 25.4 Å². The lowest BCUT2D eigenvalue weighted by atomic mass is 10.2. The number of rotatable bonds is 9. The molecule has 0 saturated carbocycles. The van der Waals surface area contributed by atoms with Gasteiger partial charge in [-0.25, -0.2) is 9.38 Å². The minimum atomic E-state index is -0.534. The highest BCUT2D eigenvalue weighted by Gasteiger charge is 2.21. The molecule has 1 aromatic rings. The van der Waals surface area contributed by atoms with Crippen LogP contribution >= 0.6 is 11.6 Å². The average Bonchev–Trinajstić information content (AvgIpc) is 3.16. The van der Waals surface area contributed by atoms with E-state index in [9.17, 15) is 9.18 Å². The van der Waals surface area contributed by atoms with Gasteiger partial charge in [0.15, 0.2) is 11.6 Å². The second-order valence-electron chi connectivity index (χ2n) is 6.00. The third-order valence-corrected chi connectivity index (χ3v) is 4.30. The summed E-state index contributed by atoms with van der Waals surface area (Å²) in [6.07, 6.45) is 2.05. The Balaban J connectivity index is 2.06. The zero-order valence-corrected chi connectivity index (χ0v) is 15.9. The molecule has 0 bridgehead atoms. The number of nitrogens with one attached hydrogen (secondary N) is 2. The number of halogens is 2. The third-order valence-electron chi connectivity index (χ3n) is 4.11. The molecule has 8 heteroatoms. The van der Waals surface area contributed by atoms with Crippen LogP contribution < -0.4 is 15.4 Å². The first-order valence-electron chi connectivity index (χ1n) is 8.48. The van der Waals surface area contributed by atoms with Gasteiger partial charge in [-0.05, 0) is 43.8 Å². The molecule has 0 aliphatic carbocycles. The molecule has 1 aliphatic rings. The van der Waals surface area contributed by atoms with Crippen LogP contribution in [-0.4, -0.2) is 38.9 Å². The lowest BCUT2D eigenvalue weighted by molar-refractivity contribution is -0.117. The van der Waals surface area contributed by atoms with E-state index in [-0.39, 0.29) is 34.8 Å². The lowest BCUT2D eigenvalue weighted by Gasteiger charge is -2.15. The van der Waals surface area contributed by atoms with E-state index in [1.165, 1.54) is 19.2 Å². The van der Waals surface area contributed by atoms with Gasteiger partial charge < -0.3 is 20.1 Å². The minimum Gasteiger partial charge on any atom is -0.494 e. The molecule has 1 aliphatic heterocycles. The highest BCUT2D eigenvalue weighted by Crippen LogP contribution is 2.21. The topological polar surface area (TPSA) is 72.0 Å². The monoisotopic (exact) mass is 395 g/mol. The fourth-order valence-corrected chi connectivity index (χ4v) is 2.87. The van der Waals surface area contributed by atoms with Crippen LogP contribution in [0.4, 0.5) is 4.39 Å². The predicted octanol–water partition coefficient (Wildman–Crippen LogP) is 2.88. The molecule has 1 heterocycles. The largest absolute Gasteiger partial charge is 0.494 e. The van der Waals surface area contributed by atoms with Crippen LogP contribution in [0.5, 0.6) is 5.75 Å². The summed E-state index contributed by atoms with van der Waals surface area (Å²) in [6, 6.07) is 4.61. The van der Waals surface area contributed by atoms with Crippen LogP contribution in [0.1, 0.15) is 18.4 Å². The number of benzene rings is 1. The zero-order valence-electron chi connectivity index (χ0n) is 15.2. The third kappa shape index (κ3) is 5.80. The van der Waals surface area contributed by atoms with Crippen molar-refractivity contribution in [3.8, 4) is 5.75 Å². The zero-order chi connectivity index (χ0) is 19.8. The van der Waals surface area contributed by atoms with Crippen molar-refractivity contribution >= 4 is 24.2 Å². The minimum absolute atomic E-state index is 0.00125. The Morgan fingerprint density at radius 3 is 2.85 bits per heavy atom. The van der Waals surface area contributed by atoms with Gasteiger partial charge in [0, 0.05) is 12.6 Å². The smallest absolute Gasteiger partial charge is 0.258 e. The molecule has 6 nitrogen and oxygen atoms in total. The van der Waals surface area contributed by atoms with Crippen LogP contribution in [0.15, 0.2) is 46.3 Å². The van der Waals surface area contributed by atoms with Gasteiger partial charge in [-0.15, -0.1) is 0 Å². The number of amides is 1. The van der Waals surface area contributed by atoms with Gasteiger partial charge in [-0.2, -0.15) is 0 Å². The van der Waals surface area contributed by atoms with Crippen molar-refractivity contribution in [1.82, 2.24) is 10.6 Å². The van der Waals surface area contributed by atoms with E-state index in [4.69, 9.17) is 21.1 Å². The molecule has 146 valence electrons. The second kappa shape index (κ2) is 10.1. The maximum atomic E-state index is 13.8. The van der Waals surface area contributed by atoms with E-state index >= 15 is 0 Å². The number of hydrogen-bond donors (Lipinski definition) is 2. The molecule has 1 unspecified atom stereocenters. The molecule has 0 spiro atoms. The number of methoxy groups -OCH3 is 1. The van der Waals surface area contributed by atoms with E-state index in [1.807, 2.05) is 0 Å². The summed E-state index contributed by atoms with van der Waals surface area (Å²) in [4.78, 5) is 16.3. The van der Waals surface area contributed by atoms with Gasteiger partial charge in [0.2, 0.25) is 5.88 Å². The molecule has 1 atom stereocenters. The lowest BCUT2D eigenvalue weighted by Crippen LogP contribution is -2.28.